The molecule has 2 atom stereocenters. The highest BCUT2D eigenvalue weighted by Crippen LogP contribution is 2.33. The predicted molar refractivity (Wildman–Crippen MR) is 97.9 cm³/mol. The fourth-order valence-electron chi connectivity index (χ4n) is 4.70. The van der Waals surface area contributed by atoms with E-state index in [0.717, 1.165) is 12.8 Å². The molecule has 0 spiro atoms. The van der Waals surface area contributed by atoms with Crippen LogP contribution in [0, 0.1) is 5.92 Å². The number of carbonyl (C=O) groups excluding carboxylic acids is 2. The van der Waals surface area contributed by atoms with Crippen molar-refractivity contribution in [2.24, 2.45) is 5.92 Å². The average molecular weight is 357 g/mol. The molecule has 6 heteroatoms. The first-order chi connectivity index (χ1) is 12.6. The van der Waals surface area contributed by atoms with E-state index in [1.165, 1.54) is 18.9 Å². The van der Waals surface area contributed by atoms with Gasteiger partial charge in [-0.25, -0.2) is 0 Å². The molecule has 0 saturated carbocycles. The Hall–Kier alpha value is -2.08. The summed E-state index contributed by atoms with van der Waals surface area (Å²) in [6.07, 6.45) is 5.40. The van der Waals surface area contributed by atoms with Crippen molar-refractivity contribution in [2.45, 2.75) is 44.2 Å². The van der Waals surface area contributed by atoms with E-state index in [1.54, 1.807) is 23.1 Å². The van der Waals surface area contributed by atoms with Crippen molar-refractivity contribution in [3.8, 4) is 5.75 Å². The van der Waals surface area contributed by atoms with Gasteiger partial charge in [-0.1, -0.05) is 6.07 Å². The Morgan fingerprint density at radius 3 is 2.35 bits per heavy atom. The van der Waals surface area contributed by atoms with Gasteiger partial charge in [-0.05, 0) is 49.8 Å². The second-order valence-electron chi connectivity index (χ2n) is 7.90. The van der Waals surface area contributed by atoms with Crippen molar-refractivity contribution in [1.82, 2.24) is 15.1 Å². The van der Waals surface area contributed by atoms with Crippen LogP contribution in [0.2, 0.25) is 0 Å². The van der Waals surface area contributed by atoms with E-state index in [-0.39, 0.29) is 17.6 Å². The molecule has 2 amide bonds. The minimum atomic E-state index is -0.0806. The first-order valence-corrected chi connectivity index (χ1v) is 9.70. The number of rotatable bonds is 3. The highest BCUT2D eigenvalue weighted by molar-refractivity contribution is 5.94. The number of phenolic OH excluding ortho intramolecular Hbond substituents is 1. The number of hydrogen-bond acceptors (Lipinski definition) is 4. The maximum Gasteiger partial charge on any atom is 0.254 e. The van der Waals surface area contributed by atoms with Crippen molar-refractivity contribution >= 4 is 11.8 Å². The van der Waals surface area contributed by atoms with E-state index < -0.39 is 0 Å². The Bertz CT molecular complexity index is 673. The number of hydrogen-bond donors (Lipinski definition) is 2. The molecule has 3 fully saturated rings. The van der Waals surface area contributed by atoms with Crippen LogP contribution in [0.1, 0.15) is 42.5 Å². The van der Waals surface area contributed by atoms with Crippen LogP contribution in [0.25, 0.3) is 0 Å². The third kappa shape index (κ3) is 3.70. The van der Waals surface area contributed by atoms with Crippen molar-refractivity contribution in [3.63, 3.8) is 0 Å². The van der Waals surface area contributed by atoms with E-state index in [1.807, 2.05) is 4.90 Å². The number of piperidine rings is 1. The van der Waals surface area contributed by atoms with Gasteiger partial charge in [-0.15, -0.1) is 0 Å². The topological polar surface area (TPSA) is 72.9 Å². The van der Waals surface area contributed by atoms with Crippen LogP contribution in [0.4, 0.5) is 0 Å². The van der Waals surface area contributed by atoms with Gasteiger partial charge in [-0.2, -0.15) is 0 Å². The molecule has 1 aromatic rings. The van der Waals surface area contributed by atoms with Gasteiger partial charge < -0.3 is 20.2 Å². The standard InChI is InChI=1S/C20H27N3O3/c24-18-3-1-2-15(13-18)20(26)23-8-6-22(7-9-23)19(25)12-14-10-16-4-5-17(11-14)21-16/h1-3,13-14,16-17,21,24H,4-12H2. The molecule has 0 radical (unpaired) electrons. The van der Waals surface area contributed by atoms with Crippen molar-refractivity contribution in [2.75, 3.05) is 26.2 Å². The first kappa shape index (κ1) is 17.3. The fourth-order valence-corrected chi connectivity index (χ4v) is 4.70. The third-order valence-electron chi connectivity index (χ3n) is 6.05. The summed E-state index contributed by atoms with van der Waals surface area (Å²) in [7, 11) is 0. The molecule has 2 unspecified atom stereocenters. The largest absolute Gasteiger partial charge is 0.508 e. The number of amides is 2. The quantitative estimate of drug-likeness (QED) is 0.862. The first-order valence-electron chi connectivity index (χ1n) is 9.70. The van der Waals surface area contributed by atoms with Crippen LogP contribution < -0.4 is 5.32 Å². The lowest BCUT2D eigenvalue weighted by Gasteiger charge is -2.36. The molecule has 0 aromatic heterocycles. The van der Waals surface area contributed by atoms with E-state index in [2.05, 4.69) is 5.32 Å². The van der Waals surface area contributed by atoms with Crippen LogP contribution in [0.15, 0.2) is 24.3 Å². The fraction of sp³-hybridized carbons (Fsp3) is 0.600. The number of nitrogens with zero attached hydrogens (tertiary/aromatic N) is 2. The molecular formula is C20H27N3O3. The zero-order valence-electron chi connectivity index (χ0n) is 15.1. The second-order valence-corrected chi connectivity index (χ2v) is 7.90. The van der Waals surface area contributed by atoms with E-state index in [9.17, 15) is 14.7 Å². The Morgan fingerprint density at radius 2 is 1.69 bits per heavy atom. The molecule has 2 N–H and O–H groups in total. The summed E-state index contributed by atoms with van der Waals surface area (Å²) in [4.78, 5) is 28.9. The molecule has 1 aromatic carbocycles. The molecular weight excluding hydrogens is 330 g/mol. The number of fused-ring (bicyclic) bond motifs is 2. The minimum Gasteiger partial charge on any atom is -0.508 e. The SMILES string of the molecule is O=C(CC1CC2CCC(C1)N2)N1CCN(C(=O)c2cccc(O)c2)CC1. The highest BCUT2D eigenvalue weighted by Gasteiger charge is 2.35. The Kier molecular flexibility index (Phi) is 4.85. The normalized spacial score (nSPS) is 28.2. The second kappa shape index (κ2) is 7.27. The van der Waals surface area contributed by atoms with Crippen LogP contribution in [0.3, 0.4) is 0 Å². The summed E-state index contributed by atoms with van der Waals surface area (Å²) in [5, 5.41) is 13.2. The lowest BCUT2D eigenvalue weighted by molar-refractivity contribution is -0.134. The summed E-state index contributed by atoms with van der Waals surface area (Å²) in [5.74, 6) is 0.762. The molecule has 3 aliphatic heterocycles. The predicted octanol–water partition coefficient (Wildman–Crippen LogP) is 1.60. The van der Waals surface area contributed by atoms with Gasteiger partial charge in [0.2, 0.25) is 5.91 Å². The van der Waals surface area contributed by atoms with Crippen LogP contribution in [-0.4, -0.2) is 65.0 Å². The number of nitrogens with one attached hydrogen (secondary N) is 1. The van der Waals surface area contributed by atoms with Gasteiger partial charge in [0.25, 0.3) is 5.91 Å². The molecule has 3 saturated heterocycles. The van der Waals surface area contributed by atoms with Crippen molar-refractivity contribution in [1.29, 1.82) is 0 Å². The lowest BCUT2D eigenvalue weighted by atomic mass is 9.89. The Labute approximate surface area is 154 Å². The van der Waals surface area contributed by atoms with Crippen molar-refractivity contribution in [3.05, 3.63) is 29.8 Å². The summed E-state index contributed by atoms with van der Waals surface area (Å²) in [6, 6.07) is 7.66. The number of phenols is 1. The molecule has 2 bridgehead atoms. The smallest absolute Gasteiger partial charge is 0.254 e. The number of aromatic hydroxyl groups is 1. The van der Waals surface area contributed by atoms with Gasteiger partial charge in [-0.3, -0.25) is 9.59 Å². The highest BCUT2D eigenvalue weighted by atomic mass is 16.3. The van der Waals surface area contributed by atoms with Crippen LogP contribution in [-0.2, 0) is 4.79 Å². The van der Waals surface area contributed by atoms with Crippen molar-refractivity contribution < 1.29 is 14.7 Å². The number of benzene rings is 1. The van der Waals surface area contributed by atoms with E-state index in [0.29, 0.717) is 56.2 Å². The zero-order valence-corrected chi connectivity index (χ0v) is 15.1. The summed E-state index contributed by atoms with van der Waals surface area (Å²) >= 11 is 0. The van der Waals surface area contributed by atoms with Gasteiger partial charge in [0.05, 0.1) is 0 Å². The molecule has 140 valence electrons. The number of carbonyl (C=O) groups is 2. The van der Waals surface area contributed by atoms with Gasteiger partial charge in [0.1, 0.15) is 5.75 Å². The molecule has 4 rings (SSSR count). The minimum absolute atomic E-state index is 0.0806. The zero-order chi connectivity index (χ0) is 18.1. The Morgan fingerprint density at radius 1 is 1.04 bits per heavy atom. The van der Waals surface area contributed by atoms with Gasteiger partial charge >= 0.3 is 0 Å². The molecule has 3 heterocycles. The summed E-state index contributed by atoms with van der Waals surface area (Å²) in [5.41, 5.74) is 0.495. The maximum atomic E-state index is 12.7. The molecule has 6 nitrogen and oxygen atoms in total. The molecule has 26 heavy (non-hydrogen) atoms. The number of piperazine rings is 1. The van der Waals surface area contributed by atoms with Crippen LogP contribution >= 0.6 is 0 Å². The van der Waals surface area contributed by atoms with Gasteiger partial charge in [0, 0.05) is 50.2 Å². The van der Waals surface area contributed by atoms with Crippen LogP contribution in [0.5, 0.6) is 5.75 Å². The average Bonchev–Trinajstić information content (AvgIpc) is 2.99. The lowest BCUT2D eigenvalue weighted by Crippen LogP contribution is -2.51. The van der Waals surface area contributed by atoms with Gasteiger partial charge in [0.15, 0.2) is 0 Å². The molecule has 3 aliphatic rings. The monoisotopic (exact) mass is 357 g/mol. The Balaban J connectivity index is 1.28. The summed E-state index contributed by atoms with van der Waals surface area (Å²) < 4.78 is 0. The third-order valence-corrected chi connectivity index (χ3v) is 6.05. The summed E-state index contributed by atoms with van der Waals surface area (Å²) in [6.45, 7) is 2.30. The van der Waals surface area contributed by atoms with E-state index >= 15 is 0 Å². The molecule has 0 aliphatic carbocycles. The van der Waals surface area contributed by atoms with E-state index in [4.69, 9.17) is 0 Å². The maximum absolute atomic E-state index is 12.7.